The van der Waals surface area contributed by atoms with E-state index in [9.17, 15) is 4.79 Å². The van der Waals surface area contributed by atoms with Crippen LogP contribution in [0, 0.1) is 5.92 Å². The number of piperidine rings is 1. The molecule has 1 aromatic rings. The predicted molar refractivity (Wildman–Crippen MR) is 113 cm³/mol. The second-order valence-electron chi connectivity index (χ2n) is 7.71. The lowest BCUT2D eigenvalue weighted by Crippen LogP contribution is -2.34. The molecule has 1 saturated heterocycles. The molecule has 28 heavy (non-hydrogen) atoms. The Morgan fingerprint density at radius 1 is 1.07 bits per heavy atom. The molecule has 6 N–H and O–H groups in total. The third-order valence-corrected chi connectivity index (χ3v) is 5.74. The minimum atomic E-state index is -0.428. The molecule has 2 heterocycles. The van der Waals surface area contributed by atoms with E-state index in [1.807, 2.05) is 6.08 Å². The van der Waals surface area contributed by atoms with Gasteiger partial charge in [-0.1, -0.05) is 5.57 Å². The summed E-state index contributed by atoms with van der Waals surface area (Å²) in [5, 5.41) is 13.7. The number of hydrogen-bond acceptors (Lipinski definition) is 5. The normalized spacial score (nSPS) is 21.9. The zero-order valence-corrected chi connectivity index (χ0v) is 16.1. The van der Waals surface area contributed by atoms with Crippen molar-refractivity contribution in [3.8, 4) is 0 Å². The Bertz CT molecular complexity index is 797. The van der Waals surface area contributed by atoms with Gasteiger partial charge in [-0.15, -0.1) is 0 Å². The number of carbonyl (C=O) groups excluding carboxylic acids is 1. The van der Waals surface area contributed by atoms with E-state index in [-0.39, 0.29) is 6.17 Å². The smallest absolute Gasteiger partial charge is 0.250 e. The second-order valence-corrected chi connectivity index (χ2v) is 7.71. The van der Waals surface area contributed by atoms with Crippen molar-refractivity contribution < 1.29 is 4.79 Å². The summed E-state index contributed by atoms with van der Waals surface area (Å²) in [4.78, 5) is 11.2. The van der Waals surface area contributed by atoms with Crippen LogP contribution in [0.1, 0.15) is 32.1 Å². The Balaban J connectivity index is 1.38. The standard InChI is InChI=1S/C22H29N5O/c23-22(28)17-4-9-20(25-14-17)26-18-5-7-19(8-6-18)27-21(15-2-1-3-15)16-10-12-24-13-11-16/h4-9,14,16,20,24-27H,1-3,10-13H2,(H2,23,28). The van der Waals surface area contributed by atoms with Gasteiger partial charge < -0.3 is 27.0 Å². The van der Waals surface area contributed by atoms with Gasteiger partial charge in [0.05, 0.1) is 5.57 Å². The maximum atomic E-state index is 11.2. The molecular weight excluding hydrogens is 350 g/mol. The summed E-state index contributed by atoms with van der Waals surface area (Å²) in [6, 6.07) is 8.41. The van der Waals surface area contributed by atoms with Crippen LogP contribution in [-0.2, 0) is 4.79 Å². The molecule has 0 bridgehead atoms. The van der Waals surface area contributed by atoms with Crippen LogP contribution in [0.15, 0.2) is 59.5 Å². The number of nitrogens with one attached hydrogen (secondary N) is 4. The first-order valence-electron chi connectivity index (χ1n) is 10.2. The molecule has 2 aliphatic heterocycles. The lowest BCUT2D eigenvalue weighted by Gasteiger charge is -2.32. The van der Waals surface area contributed by atoms with Gasteiger partial charge in [-0.3, -0.25) is 4.79 Å². The second kappa shape index (κ2) is 8.52. The van der Waals surface area contributed by atoms with Gasteiger partial charge in [-0.2, -0.15) is 0 Å². The van der Waals surface area contributed by atoms with Gasteiger partial charge in [0.2, 0.25) is 5.91 Å². The van der Waals surface area contributed by atoms with Crippen molar-refractivity contribution in [1.82, 2.24) is 10.6 Å². The molecule has 6 nitrogen and oxygen atoms in total. The van der Waals surface area contributed by atoms with Crippen LogP contribution < -0.4 is 27.0 Å². The molecule has 2 fully saturated rings. The highest BCUT2D eigenvalue weighted by atomic mass is 16.1. The predicted octanol–water partition coefficient (Wildman–Crippen LogP) is 2.80. The lowest BCUT2D eigenvalue weighted by molar-refractivity contribution is -0.114. The van der Waals surface area contributed by atoms with E-state index in [1.54, 1.807) is 17.8 Å². The fraction of sp³-hybridized carbons (Fsp3) is 0.409. The summed E-state index contributed by atoms with van der Waals surface area (Å²) >= 11 is 0. The van der Waals surface area contributed by atoms with E-state index >= 15 is 0 Å². The van der Waals surface area contributed by atoms with E-state index in [2.05, 4.69) is 45.5 Å². The first-order valence-corrected chi connectivity index (χ1v) is 10.2. The number of allylic oxidation sites excluding steroid dienone is 2. The Kier molecular flexibility index (Phi) is 5.67. The summed E-state index contributed by atoms with van der Waals surface area (Å²) < 4.78 is 0. The maximum Gasteiger partial charge on any atom is 0.250 e. The number of hydrogen-bond donors (Lipinski definition) is 5. The van der Waals surface area contributed by atoms with Crippen molar-refractivity contribution in [2.75, 3.05) is 23.7 Å². The van der Waals surface area contributed by atoms with E-state index in [0.717, 1.165) is 24.5 Å². The molecule has 4 rings (SSSR count). The molecule has 1 unspecified atom stereocenters. The lowest BCUT2D eigenvalue weighted by atomic mass is 9.83. The third-order valence-electron chi connectivity index (χ3n) is 5.74. The number of primary amides is 1. The van der Waals surface area contributed by atoms with Crippen LogP contribution >= 0.6 is 0 Å². The summed E-state index contributed by atoms with van der Waals surface area (Å²) in [5.74, 6) is 0.222. The Hall–Kier alpha value is -2.73. The van der Waals surface area contributed by atoms with Crippen molar-refractivity contribution >= 4 is 17.3 Å². The maximum absolute atomic E-state index is 11.2. The van der Waals surface area contributed by atoms with Gasteiger partial charge in [-0.25, -0.2) is 0 Å². The van der Waals surface area contributed by atoms with Crippen LogP contribution in [0.25, 0.3) is 0 Å². The van der Waals surface area contributed by atoms with Gasteiger partial charge in [0.15, 0.2) is 0 Å². The summed E-state index contributed by atoms with van der Waals surface area (Å²) in [5.41, 5.74) is 11.0. The minimum Gasteiger partial charge on any atom is -0.367 e. The molecule has 0 spiro atoms. The number of anilines is 2. The van der Waals surface area contributed by atoms with Gasteiger partial charge in [0.25, 0.3) is 0 Å². The van der Waals surface area contributed by atoms with Crippen molar-refractivity contribution in [3.05, 3.63) is 59.5 Å². The van der Waals surface area contributed by atoms with Crippen molar-refractivity contribution in [2.24, 2.45) is 11.7 Å². The number of benzene rings is 1. The molecule has 1 aliphatic carbocycles. The first-order chi connectivity index (χ1) is 13.7. The Morgan fingerprint density at radius 2 is 1.79 bits per heavy atom. The highest BCUT2D eigenvalue weighted by Crippen LogP contribution is 2.35. The zero-order chi connectivity index (χ0) is 19.3. The van der Waals surface area contributed by atoms with E-state index in [0.29, 0.717) is 11.5 Å². The molecule has 1 saturated carbocycles. The Labute approximate surface area is 166 Å². The van der Waals surface area contributed by atoms with Crippen LogP contribution in [-0.4, -0.2) is 25.2 Å². The topological polar surface area (TPSA) is 91.2 Å². The van der Waals surface area contributed by atoms with Gasteiger partial charge >= 0.3 is 0 Å². The quantitative estimate of drug-likeness (QED) is 0.524. The number of nitrogens with two attached hydrogens (primary N) is 1. The summed E-state index contributed by atoms with van der Waals surface area (Å²) in [6.45, 7) is 2.22. The molecule has 1 atom stereocenters. The zero-order valence-electron chi connectivity index (χ0n) is 16.1. The first kappa shape index (κ1) is 18.6. The number of amides is 1. The van der Waals surface area contributed by atoms with Crippen LogP contribution in [0.5, 0.6) is 0 Å². The van der Waals surface area contributed by atoms with Crippen LogP contribution in [0.4, 0.5) is 11.4 Å². The van der Waals surface area contributed by atoms with E-state index in [4.69, 9.17) is 5.73 Å². The van der Waals surface area contributed by atoms with Crippen molar-refractivity contribution in [3.63, 3.8) is 0 Å². The number of dihydropyridines is 1. The summed E-state index contributed by atoms with van der Waals surface area (Å²) in [6.07, 6.45) is 11.4. The van der Waals surface area contributed by atoms with Gasteiger partial charge in [0.1, 0.15) is 6.17 Å². The molecule has 3 aliphatic rings. The van der Waals surface area contributed by atoms with Crippen LogP contribution in [0.2, 0.25) is 0 Å². The average Bonchev–Trinajstić information content (AvgIpc) is 2.69. The fourth-order valence-electron chi connectivity index (χ4n) is 3.92. The molecule has 148 valence electrons. The Morgan fingerprint density at radius 3 is 2.36 bits per heavy atom. The number of carbonyl (C=O) groups is 1. The van der Waals surface area contributed by atoms with Crippen molar-refractivity contribution in [1.29, 1.82) is 0 Å². The van der Waals surface area contributed by atoms with Gasteiger partial charge in [-0.05, 0) is 81.6 Å². The minimum absolute atomic E-state index is 0.0655. The van der Waals surface area contributed by atoms with Crippen LogP contribution in [0.3, 0.4) is 0 Å². The van der Waals surface area contributed by atoms with E-state index < -0.39 is 5.91 Å². The highest BCUT2D eigenvalue weighted by Gasteiger charge is 2.24. The third kappa shape index (κ3) is 4.39. The number of rotatable bonds is 6. The molecular formula is C22H29N5O. The molecule has 6 heteroatoms. The van der Waals surface area contributed by atoms with Crippen molar-refractivity contribution in [2.45, 2.75) is 38.3 Å². The molecule has 1 aromatic carbocycles. The SMILES string of the molecule is NC(=O)C1=CNC(Nc2ccc(NC(=C3CCC3)C3CCNCC3)cc2)C=C1. The fourth-order valence-corrected chi connectivity index (χ4v) is 3.92. The summed E-state index contributed by atoms with van der Waals surface area (Å²) in [7, 11) is 0. The highest BCUT2D eigenvalue weighted by molar-refractivity contribution is 5.94. The van der Waals surface area contributed by atoms with Gasteiger partial charge in [0, 0.05) is 29.2 Å². The molecule has 1 amide bonds. The average molecular weight is 380 g/mol. The largest absolute Gasteiger partial charge is 0.367 e. The molecule has 0 radical (unpaired) electrons. The molecule has 0 aromatic heterocycles. The van der Waals surface area contributed by atoms with E-state index in [1.165, 1.54) is 37.8 Å². The monoisotopic (exact) mass is 379 g/mol.